The second kappa shape index (κ2) is 6.28. The van der Waals surface area contributed by atoms with Gasteiger partial charge < -0.3 is 9.47 Å². The van der Waals surface area contributed by atoms with E-state index in [4.69, 9.17) is 10.00 Å². The molecule has 0 atom stereocenters. The molecule has 0 amide bonds. The van der Waals surface area contributed by atoms with Gasteiger partial charge in [-0.2, -0.15) is 5.26 Å². The van der Waals surface area contributed by atoms with Crippen LogP contribution in [-0.2, 0) is 11.2 Å². The van der Waals surface area contributed by atoms with Crippen LogP contribution >= 0.6 is 0 Å². The van der Waals surface area contributed by atoms with E-state index in [0.717, 1.165) is 12.1 Å². The standard InChI is InChI=1S/C13H12F3NO3/c1-3-8-10(7-17)9(12(18)19-4-2)5-6-11(8)20-13(14,15)16/h5-6H,3-4H2,1-2H3. The first kappa shape index (κ1) is 15.8. The Labute approximate surface area is 113 Å². The Morgan fingerprint density at radius 3 is 2.45 bits per heavy atom. The highest BCUT2D eigenvalue weighted by atomic mass is 19.4. The molecule has 0 N–H and O–H groups in total. The fourth-order valence-electron chi connectivity index (χ4n) is 1.71. The maximum Gasteiger partial charge on any atom is 0.573 e. The largest absolute Gasteiger partial charge is 0.573 e. The van der Waals surface area contributed by atoms with Crippen molar-refractivity contribution < 1.29 is 27.4 Å². The molecule has 0 heterocycles. The Balaban J connectivity index is 3.34. The second-order valence-electron chi connectivity index (χ2n) is 3.70. The molecule has 0 aromatic heterocycles. The lowest BCUT2D eigenvalue weighted by atomic mass is 9.99. The highest BCUT2D eigenvalue weighted by molar-refractivity contribution is 5.93. The summed E-state index contributed by atoms with van der Waals surface area (Å²) in [5, 5.41) is 9.08. The van der Waals surface area contributed by atoms with Crippen LogP contribution in [0.25, 0.3) is 0 Å². The minimum absolute atomic E-state index is 0.0235. The highest BCUT2D eigenvalue weighted by Gasteiger charge is 2.33. The molecule has 0 radical (unpaired) electrons. The van der Waals surface area contributed by atoms with E-state index in [1.165, 1.54) is 0 Å². The number of esters is 1. The molecule has 0 aliphatic carbocycles. The van der Waals surface area contributed by atoms with Crippen LogP contribution in [0.1, 0.15) is 35.3 Å². The van der Waals surface area contributed by atoms with E-state index in [2.05, 4.69) is 4.74 Å². The van der Waals surface area contributed by atoms with Crippen molar-refractivity contribution in [3.63, 3.8) is 0 Å². The van der Waals surface area contributed by atoms with Gasteiger partial charge in [0.05, 0.1) is 17.7 Å². The molecule has 0 fully saturated rings. The summed E-state index contributed by atoms with van der Waals surface area (Å²) in [5.74, 6) is -1.23. The summed E-state index contributed by atoms with van der Waals surface area (Å²) in [5.41, 5.74) is -0.205. The molecule has 1 rings (SSSR count). The van der Waals surface area contributed by atoms with Gasteiger partial charge in [-0.05, 0) is 25.5 Å². The molecule has 0 saturated heterocycles. The quantitative estimate of drug-likeness (QED) is 0.798. The van der Waals surface area contributed by atoms with Gasteiger partial charge in [-0.25, -0.2) is 4.79 Å². The zero-order valence-electron chi connectivity index (χ0n) is 10.9. The maximum absolute atomic E-state index is 12.3. The van der Waals surface area contributed by atoms with E-state index in [1.807, 2.05) is 0 Å². The van der Waals surface area contributed by atoms with Crippen molar-refractivity contribution in [1.82, 2.24) is 0 Å². The number of hydrogen-bond acceptors (Lipinski definition) is 4. The van der Waals surface area contributed by atoms with Crippen LogP contribution in [0.4, 0.5) is 13.2 Å². The summed E-state index contributed by atoms with van der Waals surface area (Å²) < 4.78 is 45.4. The van der Waals surface area contributed by atoms with Crippen LogP contribution in [0.3, 0.4) is 0 Å². The molecule has 20 heavy (non-hydrogen) atoms. The van der Waals surface area contributed by atoms with Crippen LogP contribution in [-0.4, -0.2) is 18.9 Å². The van der Waals surface area contributed by atoms with Gasteiger partial charge in [-0.1, -0.05) is 6.92 Å². The Morgan fingerprint density at radius 1 is 1.35 bits per heavy atom. The summed E-state index contributed by atoms with van der Waals surface area (Å²) in [4.78, 5) is 11.7. The lowest BCUT2D eigenvalue weighted by Crippen LogP contribution is -2.19. The first-order chi connectivity index (χ1) is 9.34. The molecule has 0 unspecified atom stereocenters. The lowest BCUT2D eigenvalue weighted by molar-refractivity contribution is -0.274. The van der Waals surface area contributed by atoms with Gasteiger partial charge in [0.25, 0.3) is 0 Å². The first-order valence-electron chi connectivity index (χ1n) is 5.82. The lowest BCUT2D eigenvalue weighted by Gasteiger charge is -2.15. The summed E-state index contributed by atoms with van der Waals surface area (Å²) >= 11 is 0. The molecule has 0 aliphatic heterocycles. The topological polar surface area (TPSA) is 59.3 Å². The number of alkyl halides is 3. The van der Waals surface area contributed by atoms with Crippen molar-refractivity contribution in [3.05, 3.63) is 28.8 Å². The molecule has 1 aromatic carbocycles. The van der Waals surface area contributed by atoms with Crippen LogP contribution in [0.5, 0.6) is 5.75 Å². The minimum Gasteiger partial charge on any atom is -0.462 e. The maximum atomic E-state index is 12.3. The molecule has 4 nitrogen and oxygen atoms in total. The van der Waals surface area contributed by atoms with Gasteiger partial charge in [-0.3, -0.25) is 0 Å². The molecule has 0 saturated carbocycles. The Morgan fingerprint density at radius 2 is 2.00 bits per heavy atom. The number of carbonyl (C=O) groups is 1. The molecular weight excluding hydrogens is 275 g/mol. The van der Waals surface area contributed by atoms with Crippen molar-refractivity contribution in [1.29, 1.82) is 5.26 Å². The zero-order valence-corrected chi connectivity index (χ0v) is 10.9. The molecule has 0 aliphatic rings. The fourth-order valence-corrected chi connectivity index (χ4v) is 1.71. The third-order valence-electron chi connectivity index (χ3n) is 2.46. The summed E-state index contributed by atoms with van der Waals surface area (Å²) in [6, 6.07) is 3.84. The van der Waals surface area contributed by atoms with E-state index in [9.17, 15) is 18.0 Å². The molecule has 7 heteroatoms. The Bertz CT molecular complexity index is 547. The van der Waals surface area contributed by atoms with Gasteiger partial charge in [0, 0.05) is 5.56 Å². The number of carbonyl (C=O) groups excluding carboxylic acids is 1. The fraction of sp³-hybridized carbons (Fsp3) is 0.385. The molecule has 108 valence electrons. The smallest absolute Gasteiger partial charge is 0.462 e. The first-order valence-corrected chi connectivity index (χ1v) is 5.82. The molecular formula is C13H12F3NO3. The van der Waals surface area contributed by atoms with Gasteiger partial charge in [0.1, 0.15) is 11.8 Å². The third kappa shape index (κ3) is 3.63. The van der Waals surface area contributed by atoms with Gasteiger partial charge >= 0.3 is 12.3 Å². The number of halogens is 3. The van der Waals surface area contributed by atoms with Gasteiger partial charge in [0.2, 0.25) is 0 Å². The minimum atomic E-state index is -4.86. The Kier molecular flexibility index (Phi) is 4.97. The highest BCUT2D eigenvalue weighted by Crippen LogP contribution is 2.31. The molecule has 0 bridgehead atoms. The number of ether oxygens (including phenoxy) is 2. The SMILES string of the molecule is CCOC(=O)c1ccc(OC(F)(F)F)c(CC)c1C#N. The number of nitriles is 1. The number of nitrogens with zero attached hydrogens (tertiary/aromatic N) is 1. The van der Waals surface area contributed by atoms with Crippen LogP contribution in [0, 0.1) is 11.3 Å². The molecule has 1 aromatic rings. The van der Waals surface area contributed by atoms with Crippen LogP contribution in [0.2, 0.25) is 0 Å². The molecule has 0 spiro atoms. The normalized spacial score (nSPS) is 10.8. The second-order valence-corrected chi connectivity index (χ2v) is 3.70. The summed E-state index contributed by atoms with van der Waals surface area (Å²) in [6.07, 6.45) is -4.75. The van der Waals surface area contributed by atoms with Gasteiger partial charge in [-0.15, -0.1) is 13.2 Å². The van der Waals surface area contributed by atoms with Gasteiger partial charge in [0.15, 0.2) is 0 Å². The van der Waals surface area contributed by atoms with Crippen molar-refractivity contribution in [2.24, 2.45) is 0 Å². The predicted molar refractivity (Wildman–Crippen MR) is 63.2 cm³/mol. The van der Waals surface area contributed by atoms with E-state index in [1.54, 1.807) is 19.9 Å². The number of hydrogen-bond donors (Lipinski definition) is 0. The van der Waals surface area contributed by atoms with E-state index in [-0.39, 0.29) is 29.7 Å². The van der Waals surface area contributed by atoms with Crippen molar-refractivity contribution in [2.75, 3.05) is 6.61 Å². The van der Waals surface area contributed by atoms with Crippen LogP contribution < -0.4 is 4.74 Å². The summed E-state index contributed by atoms with van der Waals surface area (Å²) in [7, 11) is 0. The van der Waals surface area contributed by atoms with Crippen LogP contribution in [0.15, 0.2) is 12.1 Å². The predicted octanol–water partition coefficient (Wildman–Crippen LogP) is 3.20. The zero-order chi connectivity index (χ0) is 15.3. The van der Waals surface area contributed by atoms with E-state index >= 15 is 0 Å². The van der Waals surface area contributed by atoms with Crippen molar-refractivity contribution in [2.45, 2.75) is 26.6 Å². The van der Waals surface area contributed by atoms with Crippen molar-refractivity contribution >= 4 is 5.97 Å². The monoisotopic (exact) mass is 287 g/mol. The average Bonchev–Trinajstić information content (AvgIpc) is 2.36. The number of rotatable bonds is 4. The van der Waals surface area contributed by atoms with E-state index in [0.29, 0.717) is 0 Å². The van der Waals surface area contributed by atoms with Crippen molar-refractivity contribution in [3.8, 4) is 11.8 Å². The summed E-state index contributed by atoms with van der Waals surface area (Å²) in [6.45, 7) is 3.26. The third-order valence-corrected chi connectivity index (χ3v) is 2.46. The average molecular weight is 287 g/mol. The number of benzene rings is 1. The van der Waals surface area contributed by atoms with E-state index < -0.39 is 18.1 Å². The Hall–Kier alpha value is -2.23.